The number of imidazole rings is 1. The molecule has 8 nitrogen and oxygen atoms in total. The number of carbonyl (C=O) groups is 2. The Hall–Kier alpha value is -3.45. The van der Waals surface area contributed by atoms with Crippen molar-refractivity contribution in [2.45, 2.75) is 32.1 Å². The Labute approximate surface area is 164 Å². The average molecular weight is 404 g/mol. The van der Waals surface area contributed by atoms with Gasteiger partial charge in [0.2, 0.25) is 0 Å². The molecule has 29 heavy (non-hydrogen) atoms. The van der Waals surface area contributed by atoms with E-state index in [1.807, 2.05) is 0 Å². The SMILES string of the molecule is Cc1c(C(N)=O)nc2n1CC(C(N)=O)Oc1cc(F)c(C#CC(C)(O)CF)cc1-2. The summed E-state index contributed by atoms with van der Waals surface area (Å²) in [6, 6.07) is 2.27. The van der Waals surface area contributed by atoms with Gasteiger partial charge in [-0.3, -0.25) is 9.59 Å². The molecule has 2 heterocycles. The van der Waals surface area contributed by atoms with Crippen molar-refractivity contribution in [1.82, 2.24) is 9.55 Å². The maximum Gasteiger partial charge on any atom is 0.269 e. The molecule has 2 unspecified atom stereocenters. The summed E-state index contributed by atoms with van der Waals surface area (Å²) < 4.78 is 34.4. The zero-order chi connectivity index (χ0) is 21.5. The zero-order valence-corrected chi connectivity index (χ0v) is 15.6. The van der Waals surface area contributed by atoms with Crippen LogP contribution in [0.2, 0.25) is 0 Å². The number of nitrogens with two attached hydrogens (primary N) is 2. The Balaban J connectivity index is 2.25. The fraction of sp³-hybridized carbons (Fsp3) is 0.316. The summed E-state index contributed by atoms with van der Waals surface area (Å²) in [5, 5.41) is 9.70. The van der Waals surface area contributed by atoms with Crippen LogP contribution < -0.4 is 16.2 Å². The molecule has 5 N–H and O–H groups in total. The lowest BCUT2D eigenvalue weighted by molar-refractivity contribution is -0.125. The lowest BCUT2D eigenvalue weighted by Crippen LogP contribution is -2.37. The molecule has 2 amide bonds. The smallest absolute Gasteiger partial charge is 0.269 e. The van der Waals surface area contributed by atoms with Crippen molar-refractivity contribution < 1.29 is 28.2 Å². The molecule has 3 rings (SSSR count). The van der Waals surface area contributed by atoms with Crippen LogP contribution in [-0.2, 0) is 11.3 Å². The summed E-state index contributed by atoms with van der Waals surface area (Å²) in [5.41, 5.74) is 9.23. The van der Waals surface area contributed by atoms with Crippen molar-refractivity contribution in [2.75, 3.05) is 6.67 Å². The lowest BCUT2D eigenvalue weighted by atomic mass is 10.1. The second-order valence-electron chi connectivity index (χ2n) is 6.84. The van der Waals surface area contributed by atoms with Crippen LogP contribution in [0.25, 0.3) is 11.4 Å². The lowest BCUT2D eigenvalue weighted by Gasteiger charge is -2.15. The molecule has 1 aliphatic rings. The molecule has 0 saturated heterocycles. The summed E-state index contributed by atoms with van der Waals surface area (Å²) >= 11 is 0. The van der Waals surface area contributed by atoms with E-state index < -0.39 is 36.0 Å². The fourth-order valence-electron chi connectivity index (χ4n) is 2.86. The topological polar surface area (TPSA) is 133 Å². The third-order valence-electron chi connectivity index (χ3n) is 4.43. The minimum atomic E-state index is -1.94. The van der Waals surface area contributed by atoms with E-state index in [2.05, 4.69) is 16.8 Å². The van der Waals surface area contributed by atoms with Crippen LogP contribution in [0, 0.1) is 24.6 Å². The van der Waals surface area contributed by atoms with E-state index >= 15 is 0 Å². The minimum absolute atomic E-state index is 0.0200. The van der Waals surface area contributed by atoms with E-state index in [0.29, 0.717) is 5.69 Å². The first kappa shape index (κ1) is 20.3. The Morgan fingerprint density at radius 1 is 1.45 bits per heavy atom. The first-order valence-electron chi connectivity index (χ1n) is 8.52. The number of ether oxygens (including phenoxy) is 1. The van der Waals surface area contributed by atoms with E-state index in [1.54, 1.807) is 6.92 Å². The van der Waals surface area contributed by atoms with Crippen LogP contribution in [-0.4, -0.2) is 44.9 Å². The monoisotopic (exact) mass is 404 g/mol. The van der Waals surface area contributed by atoms with Gasteiger partial charge in [-0.2, -0.15) is 0 Å². The van der Waals surface area contributed by atoms with Crippen molar-refractivity contribution in [3.05, 3.63) is 34.9 Å². The van der Waals surface area contributed by atoms with Gasteiger partial charge in [-0.25, -0.2) is 13.8 Å². The van der Waals surface area contributed by atoms with E-state index in [-0.39, 0.29) is 34.9 Å². The van der Waals surface area contributed by atoms with Gasteiger partial charge in [-0.15, -0.1) is 0 Å². The van der Waals surface area contributed by atoms with Crippen LogP contribution in [0.1, 0.15) is 28.7 Å². The van der Waals surface area contributed by atoms with Crippen LogP contribution >= 0.6 is 0 Å². The minimum Gasteiger partial charge on any atom is -0.478 e. The molecule has 0 saturated carbocycles. The van der Waals surface area contributed by atoms with E-state index in [0.717, 1.165) is 13.0 Å². The molecule has 0 aliphatic carbocycles. The molecule has 0 spiro atoms. The Bertz CT molecular complexity index is 1080. The predicted octanol–water partition coefficient (Wildman–Crippen LogP) is 0.415. The Kier molecular flexibility index (Phi) is 5.02. The van der Waals surface area contributed by atoms with Gasteiger partial charge in [0.05, 0.1) is 17.7 Å². The Morgan fingerprint density at radius 2 is 2.14 bits per heavy atom. The number of alkyl halides is 1. The maximum absolute atomic E-state index is 14.5. The molecule has 1 aromatic carbocycles. The van der Waals surface area contributed by atoms with Crippen LogP contribution in [0.4, 0.5) is 8.78 Å². The van der Waals surface area contributed by atoms with Crippen molar-refractivity contribution in [3.8, 4) is 29.0 Å². The maximum atomic E-state index is 14.5. The van der Waals surface area contributed by atoms with Gasteiger partial charge in [0, 0.05) is 11.8 Å². The van der Waals surface area contributed by atoms with Gasteiger partial charge in [0.1, 0.15) is 29.8 Å². The number of carbonyl (C=O) groups excluding carboxylic acids is 2. The van der Waals surface area contributed by atoms with Gasteiger partial charge >= 0.3 is 0 Å². The molecule has 0 radical (unpaired) electrons. The summed E-state index contributed by atoms with van der Waals surface area (Å²) in [7, 11) is 0. The van der Waals surface area contributed by atoms with Crippen molar-refractivity contribution in [1.29, 1.82) is 0 Å². The number of rotatable bonds is 3. The molecule has 2 aromatic rings. The first-order chi connectivity index (χ1) is 13.5. The van der Waals surface area contributed by atoms with Gasteiger partial charge in [-0.1, -0.05) is 11.8 Å². The van der Waals surface area contributed by atoms with E-state index in [1.165, 1.54) is 10.6 Å². The number of halogens is 2. The summed E-state index contributed by atoms with van der Waals surface area (Å²) in [6.07, 6.45) is -1.15. The van der Waals surface area contributed by atoms with Crippen molar-refractivity contribution >= 4 is 11.8 Å². The number of aromatic nitrogens is 2. The number of amides is 2. The predicted molar refractivity (Wildman–Crippen MR) is 98.0 cm³/mol. The summed E-state index contributed by atoms with van der Waals surface area (Å²) in [4.78, 5) is 27.7. The van der Waals surface area contributed by atoms with Crippen LogP contribution in [0.15, 0.2) is 12.1 Å². The third-order valence-corrected chi connectivity index (χ3v) is 4.43. The van der Waals surface area contributed by atoms with Gasteiger partial charge in [0.15, 0.2) is 11.7 Å². The highest BCUT2D eigenvalue weighted by Gasteiger charge is 2.31. The number of nitrogens with zero attached hydrogens (tertiary/aromatic N) is 2. The Morgan fingerprint density at radius 3 is 2.72 bits per heavy atom. The quantitative estimate of drug-likeness (QED) is 0.638. The number of primary amides is 2. The molecule has 152 valence electrons. The van der Waals surface area contributed by atoms with Crippen molar-refractivity contribution in [3.63, 3.8) is 0 Å². The number of aliphatic hydroxyl groups is 1. The average Bonchev–Trinajstić information content (AvgIpc) is 2.88. The fourth-order valence-corrected chi connectivity index (χ4v) is 2.86. The van der Waals surface area contributed by atoms with Crippen LogP contribution in [0.5, 0.6) is 5.75 Å². The third kappa shape index (κ3) is 3.77. The largest absolute Gasteiger partial charge is 0.478 e. The molecular weight excluding hydrogens is 386 g/mol. The summed E-state index contributed by atoms with van der Waals surface area (Å²) in [5.74, 6) is 2.43. The van der Waals surface area contributed by atoms with E-state index in [4.69, 9.17) is 16.2 Å². The van der Waals surface area contributed by atoms with E-state index in [9.17, 15) is 23.5 Å². The molecule has 1 aromatic heterocycles. The van der Waals surface area contributed by atoms with Gasteiger partial charge in [-0.05, 0) is 19.9 Å². The molecule has 10 heteroatoms. The molecule has 1 aliphatic heterocycles. The molecule has 0 bridgehead atoms. The number of benzene rings is 1. The number of fused-ring (bicyclic) bond motifs is 3. The second kappa shape index (κ2) is 7.18. The highest BCUT2D eigenvalue weighted by atomic mass is 19.1. The normalized spacial score (nSPS) is 16.9. The highest BCUT2D eigenvalue weighted by Crippen LogP contribution is 2.36. The number of hydrogen-bond donors (Lipinski definition) is 3. The van der Waals surface area contributed by atoms with Gasteiger partial charge in [0.25, 0.3) is 11.8 Å². The summed E-state index contributed by atoms with van der Waals surface area (Å²) in [6.45, 7) is 1.53. The van der Waals surface area contributed by atoms with Gasteiger partial charge < -0.3 is 25.9 Å². The first-order valence-corrected chi connectivity index (χ1v) is 8.52. The molecule has 0 fully saturated rings. The highest BCUT2D eigenvalue weighted by molar-refractivity contribution is 5.93. The second-order valence-corrected chi connectivity index (χ2v) is 6.84. The zero-order valence-electron chi connectivity index (χ0n) is 15.6. The molecule has 2 atom stereocenters. The van der Waals surface area contributed by atoms with Crippen LogP contribution in [0.3, 0.4) is 0 Å². The number of hydrogen-bond acceptors (Lipinski definition) is 5. The standard InChI is InChI=1S/C19H18F2N4O4/c1-9-15(17(23)27)24-18-11-5-10(3-4-19(2,28)8-20)12(21)6-13(11)29-14(16(22)26)7-25(9)18/h5-6,14,28H,7-8H2,1-2H3,(H2,22,26)(H2,23,27). The molecular formula is C19H18F2N4O4. The van der Waals surface area contributed by atoms with Crippen molar-refractivity contribution in [2.24, 2.45) is 11.5 Å².